The van der Waals surface area contributed by atoms with E-state index in [-0.39, 0.29) is 11.7 Å². The fourth-order valence-corrected chi connectivity index (χ4v) is 3.64. The molecular weight excluding hydrogens is 384 g/mol. The minimum atomic E-state index is -1.26. The molecule has 0 aliphatic heterocycles. The second-order valence-electron chi connectivity index (χ2n) is 7.11. The Balaban J connectivity index is 0.000000275. The fourth-order valence-electron chi connectivity index (χ4n) is 3.64. The van der Waals surface area contributed by atoms with E-state index >= 15 is 0 Å². The van der Waals surface area contributed by atoms with Crippen LogP contribution in [-0.2, 0) is 22.4 Å². The van der Waals surface area contributed by atoms with Gasteiger partial charge in [-0.15, -0.1) is 0 Å². The molecule has 0 saturated carbocycles. The molecule has 3 aromatic rings. The summed E-state index contributed by atoms with van der Waals surface area (Å²) in [5.74, 6) is -2.19. The monoisotopic (exact) mass is 406 g/mol. The van der Waals surface area contributed by atoms with E-state index < -0.39 is 11.9 Å². The Kier molecular flexibility index (Phi) is 6.41. The van der Waals surface area contributed by atoms with Crippen LogP contribution in [0, 0.1) is 12.8 Å². The maximum atomic E-state index is 13.0. The van der Waals surface area contributed by atoms with E-state index in [9.17, 15) is 14.4 Å². The first kappa shape index (κ1) is 21.0. The van der Waals surface area contributed by atoms with Gasteiger partial charge in [-0.3, -0.25) is 4.79 Å². The molecule has 0 saturated heterocycles. The van der Waals surface area contributed by atoms with Gasteiger partial charge >= 0.3 is 11.9 Å². The number of hydrogen-bond acceptors (Lipinski definition) is 4. The Morgan fingerprint density at radius 2 is 1.83 bits per heavy atom. The smallest absolute Gasteiger partial charge is 0.328 e. The molecule has 7 heteroatoms. The molecule has 0 spiro atoms. The highest BCUT2D eigenvalue weighted by Gasteiger charge is 2.29. The number of nitrogens with one attached hydrogen (secondary N) is 1. The number of H-pyrrole nitrogens is 1. The van der Waals surface area contributed by atoms with Crippen LogP contribution in [0.1, 0.15) is 33.7 Å². The molecule has 30 heavy (non-hydrogen) atoms. The summed E-state index contributed by atoms with van der Waals surface area (Å²) in [4.78, 5) is 39.6. The molecule has 7 nitrogen and oxygen atoms in total. The first-order valence-electron chi connectivity index (χ1n) is 9.54. The number of Topliss-reactive ketones (excluding diaryl/α,β-unsaturated/α-hetero) is 1. The van der Waals surface area contributed by atoms with E-state index in [0.29, 0.717) is 12.2 Å². The third kappa shape index (κ3) is 4.81. The van der Waals surface area contributed by atoms with Crippen LogP contribution >= 0.6 is 0 Å². The summed E-state index contributed by atoms with van der Waals surface area (Å²) >= 11 is 0. The zero-order valence-electron chi connectivity index (χ0n) is 16.5. The van der Waals surface area contributed by atoms with E-state index in [2.05, 4.69) is 34.2 Å². The topological polar surface area (TPSA) is 120 Å². The molecule has 3 N–H and O–H groups in total. The van der Waals surface area contributed by atoms with Gasteiger partial charge in [0.2, 0.25) is 0 Å². The highest BCUT2D eigenvalue weighted by molar-refractivity contribution is 6.11. The SMILES string of the molecule is Cc1[nH]cnc1CC1CCc2ccc3ccccc3c2C1=O.O=C(O)/C=C\C(=O)O. The van der Waals surface area contributed by atoms with Crippen molar-refractivity contribution in [2.24, 2.45) is 5.92 Å². The number of aliphatic carboxylic acids is 2. The van der Waals surface area contributed by atoms with Gasteiger partial charge in [0.25, 0.3) is 0 Å². The highest BCUT2D eigenvalue weighted by atomic mass is 16.4. The Bertz CT molecular complexity index is 1110. The van der Waals surface area contributed by atoms with Gasteiger partial charge in [0.05, 0.1) is 12.0 Å². The fraction of sp³-hybridized carbons (Fsp3) is 0.217. The van der Waals surface area contributed by atoms with Crippen LogP contribution in [0.25, 0.3) is 10.8 Å². The summed E-state index contributed by atoms with van der Waals surface area (Å²) < 4.78 is 0. The summed E-state index contributed by atoms with van der Waals surface area (Å²) in [6.07, 6.45) is 5.44. The van der Waals surface area contributed by atoms with Crippen LogP contribution in [0.2, 0.25) is 0 Å². The lowest BCUT2D eigenvalue weighted by atomic mass is 9.78. The summed E-state index contributed by atoms with van der Waals surface area (Å²) in [5, 5.41) is 17.9. The van der Waals surface area contributed by atoms with Gasteiger partial charge < -0.3 is 15.2 Å². The first-order valence-corrected chi connectivity index (χ1v) is 9.54. The molecule has 0 radical (unpaired) electrons. The van der Waals surface area contributed by atoms with Crippen LogP contribution in [0.5, 0.6) is 0 Å². The number of nitrogens with zero attached hydrogens (tertiary/aromatic N) is 1. The quantitative estimate of drug-likeness (QED) is 0.570. The van der Waals surface area contributed by atoms with Crippen molar-refractivity contribution >= 4 is 28.5 Å². The van der Waals surface area contributed by atoms with Gasteiger partial charge in [0, 0.05) is 35.7 Å². The number of benzene rings is 2. The van der Waals surface area contributed by atoms with Crippen molar-refractivity contribution in [3.63, 3.8) is 0 Å². The standard InChI is InChI=1S/C19H18N2O.C4H4O4/c1-12-17(21-11-20-12)10-15-9-8-14-7-6-13-4-2-3-5-16(13)18(14)19(15)22;5-3(6)1-2-4(7)8/h2-7,11,15H,8-10H2,1H3,(H,20,21);1-2H,(H,5,6)(H,7,8)/b;2-1-. The Labute approximate surface area is 173 Å². The van der Waals surface area contributed by atoms with E-state index in [0.717, 1.165) is 47.0 Å². The summed E-state index contributed by atoms with van der Waals surface area (Å²) in [6.45, 7) is 2.01. The minimum absolute atomic E-state index is 0.0420. The third-order valence-electron chi connectivity index (χ3n) is 5.14. The normalized spacial score (nSPS) is 15.5. The Hall–Kier alpha value is -3.74. The van der Waals surface area contributed by atoms with Gasteiger partial charge in [-0.1, -0.05) is 36.4 Å². The number of carboxylic acid groups (broad SMARTS) is 2. The van der Waals surface area contributed by atoms with Gasteiger partial charge in [0.15, 0.2) is 5.78 Å². The van der Waals surface area contributed by atoms with Crippen molar-refractivity contribution in [2.45, 2.75) is 26.2 Å². The second-order valence-corrected chi connectivity index (χ2v) is 7.11. The van der Waals surface area contributed by atoms with Crippen LogP contribution in [0.4, 0.5) is 0 Å². The van der Waals surface area contributed by atoms with Crippen LogP contribution < -0.4 is 0 Å². The van der Waals surface area contributed by atoms with E-state index in [1.54, 1.807) is 6.33 Å². The molecule has 0 bridgehead atoms. The lowest BCUT2D eigenvalue weighted by Gasteiger charge is -2.24. The van der Waals surface area contributed by atoms with E-state index in [4.69, 9.17) is 10.2 Å². The van der Waals surface area contributed by atoms with E-state index in [1.807, 2.05) is 19.1 Å². The summed E-state index contributed by atoms with van der Waals surface area (Å²) in [7, 11) is 0. The molecule has 1 heterocycles. The molecule has 1 unspecified atom stereocenters. The molecule has 1 aliphatic rings. The maximum Gasteiger partial charge on any atom is 0.328 e. The highest BCUT2D eigenvalue weighted by Crippen LogP contribution is 2.33. The number of rotatable bonds is 4. The molecule has 4 rings (SSSR count). The molecule has 2 aromatic carbocycles. The number of carbonyl (C=O) groups is 3. The van der Waals surface area contributed by atoms with Crippen molar-refractivity contribution in [3.05, 3.63) is 77.4 Å². The largest absolute Gasteiger partial charge is 0.478 e. The number of hydrogen-bond donors (Lipinski definition) is 3. The van der Waals surface area contributed by atoms with Gasteiger partial charge in [-0.25, -0.2) is 14.6 Å². The maximum absolute atomic E-state index is 13.0. The van der Waals surface area contributed by atoms with Gasteiger partial charge in [-0.05, 0) is 36.1 Å². The molecule has 154 valence electrons. The van der Waals surface area contributed by atoms with Crippen LogP contribution in [0.3, 0.4) is 0 Å². The lowest BCUT2D eigenvalue weighted by Crippen LogP contribution is -2.25. The number of fused-ring (bicyclic) bond motifs is 3. The number of carbonyl (C=O) groups excluding carboxylic acids is 1. The Morgan fingerprint density at radius 3 is 2.47 bits per heavy atom. The number of imidazole rings is 1. The third-order valence-corrected chi connectivity index (χ3v) is 5.14. The summed E-state index contributed by atoms with van der Waals surface area (Å²) in [6, 6.07) is 12.4. The minimum Gasteiger partial charge on any atom is -0.478 e. The van der Waals surface area contributed by atoms with Crippen molar-refractivity contribution in [2.75, 3.05) is 0 Å². The average molecular weight is 406 g/mol. The Morgan fingerprint density at radius 1 is 1.13 bits per heavy atom. The average Bonchev–Trinajstić information content (AvgIpc) is 3.13. The number of aryl methyl sites for hydroxylation is 2. The number of carboxylic acids is 2. The predicted molar refractivity (Wildman–Crippen MR) is 112 cm³/mol. The van der Waals surface area contributed by atoms with Crippen LogP contribution in [-0.4, -0.2) is 37.9 Å². The van der Waals surface area contributed by atoms with Crippen molar-refractivity contribution in [3.8, 4) is 0 Å². The predicted octanol–water partition coefficient (Wildman–Crippen LogP) is 3.57. The molecule has 1 aromatic heterocycles. The molecular formula is C23H22N2O5. The zero-order valence-corrected chi connectivity index (χ0v) is 16.5. The summed E-state index contributed by atoms with van der Waals surface area (Å²) in [5.41, 5.74) is 4.21. The molecule has 0 amide bonds. The second kappa shape index (κ2) is 9.17. The molecule has 1 atom stereocenters. The first-order chi connectivity index (χ1) is 14.4. The van der Waals surface area contributed by atoms with Crippen LogP contribution in [0.15, 0.2) is 54.9 Å². The van der Waals surface area contributed by atoms with Crippen molar-refractivity contribution < 1.29 is 24.6 Å². The van der Waals surface area contributed by atoms with Gasteiger partial charge in [0.1, 0.15) is 0 Å². The van der Waals surface area contributed by atoms with E-state index in [1.165, 1.54) is 5.56 Å². The molecule has 1 aliphatic carbocycles. The zero-order chi connectivity index (χ0) is 21.7. The number of ketones is 1. The molecule has 0 fully saturated rings. The van der Waals surface area contributed by atoms with Crippen molar-refractivity contribution in [1.82, 2.24) is 9.97 Å². The van der Waals surface area contributed by atoms with Crippen molar-refractivity contribution in [1.29, 1.82) is 0 Å². The van der Waals surface area contributed by atoms with Gasteiger partial charge in [-0.2, -0.15) is 0 Å². The number of aromatic nitrogens is 2. The lowest BCUT2D eigenvalue weighted by molar-refractivity contribution is -0.134. The number of aromatic amines is 1.